The average Bonchev–Trinajstić information content (AvgIpc) is 3.25. The Kier molecular flexibility index (Phi) is 8.57. The zero-order valence-corrected chi connectivity index (χ0v) is 16.2. The van der Waals surface area contributed by atoms with Crippen LogP contribution in [0, 0.1) is 17.1 Å². The number of aliphatic carboxylic acids is 1. The van der Waals surface area contributed by atoms with Gasteiger partial charge in [-0.3, -0.25) is 0 Å². The third kappa shape index (κ3) is 8.10. The van der Waals surface area contributed by atoms with Gasteiger partial charge in [-0.15, -0.1) is 0 Å². The Morgan fingerprint density at radius 1 is 1.35 bits per heavy atom. The van der Waals surface area contributed by atoms with Crippen LogP contribution in [0.3, 0.4) is 0 Å². The molecule has 3 rings (SSSR count). The summed E-state index contributed by atoms with van der Waals surface area (Å²) >= 11 is 0. The zero-order valence-electron chi connectivity index (χ0n) is 16.2. The Hall–Kier alpha value is -3.39. The van der Waals surface area contributed by atoms with Crippen LogP contribution in [0.15, 0.2) is 36.4 Å². The van der Waals surface area contributed by atoms with Crippen LogP contribution in [-0.2, 0) is 11.4 Å². The number of aromatic nitrogens is 1. The highest BCUT2D eigenvalue weighted by Gasteiger charge is 2.38. The molecule has 0 amide bonds. The molecule has 1 aliphatic heterocycles. The van der Waals surface area contributed by atoms with Crippen molar-refractivity contribution in [2.24, 2.45) is 0 Å². The van der Waals surface area contributed by atoms with E-state index in [1.165, 1.54) is 18.9 Å². The number of halogens is 4. The zero-order chi connectivity index (χ0) is 22.9. The molecule has 1 atom stereocenters. The number of nitriles is 1. The lowest BCUT2D eigenvalue weighted by Crippen LogP contribution is -2.29. The minimum Gasteiger partial charge on any atom is -0.475 e. The first kappa shape index (κ1) is 23.9. The summed E-state index contributed by atoms with van der Waals surface area (Å²) in [7, 11) is 0. The van der Waals surface area contributed by atoms with Gasteiger partial charge in [0.05, 0.1) is 11.6 Å². The Morgan fingerprint density at radius 2 is 2.10 bits per heavy atom. The first-order valence-electron chi connectivity index (χ1n) is 9.25. The van der Waals surface area contributed by atoms with E-state index in [0.29, 0.717) is 23.0 Å². The molecule has 2 aromatic rings. The van der Waals surface area contributed by atoms with Crippen molar-refractivity contribution in [3.63, 3.8) is 0 Å². The van der Waals surface area contributed by atoms with Gasteiger partial charge in [-0.05, 0) is 37.6 Å². The molecule has 0 radical (unpaired) electrons. The van der Waals surface area contributed by atoms with Gasteiger partial charge in [0.15, 0.2) is 0 Å². The molecule has 1 aromatic heterocycles. The fourth-order valence-corrected chi connectivity index (χ4v) is 2.64. The molecule has 1 fully saturated rings. The number of carboxylic acids is 1. The standard InChI is InChI=1S/C18H19FN4O.C2HF3O2/c19-16-9-13(10-20)6-7-14(16)12-24-18-5-1-4-17(23-18)22-11-15-3-2-8-21-15;3-2(4,5)1(6)7/h1,4-7,9,15,21H,2-3,8,11-12H2,(H,22,23);(H,6,7). The Morgan fingerprint density at radius 3 is 2.68 bits per heavy atom. The van der Waals surface area contributed by atoms with Crippen molar-refractivity contribution in [3.05, 3.63) is 53.3 Å². The van der Waals surface area contributed by atoms with Crippen molar-refractivity contribution >= 4 is 11.8 Å². The molecule has 1 aromatic carbocycles. The fraction of sp³-hybridized carbons (Fsp3) is 0.350. The average molecular weight is 440 g/mol. The predicted octanol–water partition coefficient (Wildman–Crippen LogP) is 3.47. The molecule has 1 unspecified atom stereocenters. The van der Waals surface area contributed by atoms with Gasteiger partial charge in [0, 0.05) is 24.2 Å². The van der Waals surface area contributed by atoms with E-state index in [9.17, 15) is 17.6 Å². The highest BCUT2D eigenvalue weighted by atomic mass is 19.4. The number of hydrogen-bond acceptors (Lipinski definition) is 6. The number of rotatable bonds is 6. The fourth-order valence-electron chi connectivity index (χ4n) is 2.64. The lowest BCUT2D eigenvalue weighted by Gasteiger charge is -2.13. The quantitative estimate of drug-likeness (QED) is 0.591. The van der Waals surface area contributed by atoms with Crippen molar-refractivity contribution in [2.45, 2.75) is 31.7 Å². The third-order valence-corrected chi connectivity index (χ3v) is 4.22. The number of ether oxygens (including phenoxy) is 1. The largest absolute Gasteiger partial charge is 0.490 e. The molecule has 0 spiro atoms. The molecule has 166 valence electrons. The van der Waals surface area contributed by atoms with Crippen LogP contribution >= 0.6 is 0 Å². The molecular formula is C20H20F4N4O3. The van der Waals surface area contributed by atoms with Crippen LogP contribution in [-0.4, -0.2) is 41.4 Å². The van der Waals surface area contributed by atoms with E-state index < -0.39 is 18.0 Å². The van der Waals surface area contributed by atoms with Crippen molar-refractivity contribution in [2.75, 3.05) is 18.4 Å². The van der Waals surface area contributed by atoms with Crippen molar-refractivity contribution in [1.29, 1.82) is 5.26 Å². The van der Waals surface area contributed by atoms with Crippen molar-refractivity contribution < 1.29 is 32.2 Å². The molecule has 2 heterocycles. The summed E-state index contributed by atoms with van der Waals surface area (Å²) in [5, 5.41) is 22.6. The van der Waals surface area contributed by atoms with E-state index in [1.807, 2.05) is 18.2 Å². The van der Waals surface area contributed by atoms with E-state index in [-0.39, 0.29) is 6.61 Å². The summed E-state index contributed by atoms with van der Waals surface area (Å²) < 4.78 is 51.1. The highest BCUT2D eigenvalue weighted by Crippen LogP contribution is 2.16. The summed E-state index contributed by atoms with van der Waals surface area (Å²) in [5.74, 6) is -2.03. The lowest BCUT2D eigenvalue weighted by molar-refractivity contribution is -0.192. The third-order valence-electron chi connectivity index (χ3n) is 4.22. The molecule has 1 aliphatic rings. The number of alkyl halides is 3. The monoisotopic (exact) mass is 440 g/mol. The van der Waals surface area contributed by atoms with Crippen LogP contribution in [0.2, 0.25) is 0 Å². The number of hydrogen-bond donors (Lipinski definition) is 3. The number of pyridine rings is 1. The van der Waals surface area contributed by atoms with Gasteiger partial charge in [0.2, 0.25) is 5.88 Å². The lowest BCUT2D eigenvalue weighted by atomic mass is 10.1. The molecule has 0 bridgehead atoms. The van der Waals surface area contributed by atoms with E-state index in [0.717, 1.165) is 18.9 Å². The van der Waals surface area contributed by atoms with Crippen LogP contribution in [0.5, 0.6) is 5.88 Å². The summed E-state index contributed by atoms with van der Waals surface area (Å²) in [5.41, 5.74) is 0.686. The van der Waals surface area contributed by atoms with E-state index >= 15 is 0 Å². The van der Waals surface area contributed by atoms with Gasteiger partial charge < -0.3 is 20.5 Å². The summed E-state index contributed by atoms with van der Waals surface area (Å²) in [6, 6.07) is 12.2. The number of nitrogens with zero attached hydrogens (tertiary/aromatic N) is 2. The molecule has 31 heavy (non-hydrogen) atoms. The van der Waals surface area contributed by atoms with Crippen molar-refractivity contribution in [1.82, 2.24) is 10.3 Å². The van der Waals surface area contributed by atoms with Gasteiger partial charge in [0.1, 0.15) is 18.2 Å². The molecule has 0 aliphatic carbocycles. The molecular weight excluding hydrogens is 420 g/mol. The second-order valence-corrected chi connectivity index (χ2v) is 6.54. The first-order chi connectivity index (χ1) is 14.7. The summed E-state index contributed by atoms with van der Waals surface area (Å²) in [4.78, 5) is 13.3. The minimum absolute atomic E-state index is 0.0676. The topological polar surface area (TPSA) is 107 Å². The highest BCUT2D eigenvalue weighted by molar-refractivity contribution is 5.73. The van der Waals surface area contributed by atoms with E-state index in [2.05, 4.69) is 15.6 Å². The smallest absolute Gasteiger partial charge is 0.475 e. The number of carboxylic acid groups (broad SMARTS) is 1. The summed E-state index contributed by atoms with van der Waals surface area (Å²) in [6.07, 6.45) is -2.71. The van der Waals surface area contributed by atoms with Crippen LogP contribution < -0.4 is 15.4 Å². The van der Waals surface area contributed by atoms with Gasteiger partial charge in [-0.2, -0.15) is 23.4 Å². The van der Waals surface area contributed by atoms with Crippen LogP contribution in [0.4, 0.5) is 23.4 Å². The SMILES string of the molecule is N#Cc1ccc(COc2cccc(NCC3CCCN3)n2)c(F)c1.O=C(O)C(F)(F)F. The maximum atomic E-state index is 13.8. The molecule has 7 nitrogen and oxygen atoms in total. The normalized spacial score (nSPS) is 15.4. The Labute approximate surface area is 175 Å². The molecule has 11 heteroatoms. The van der Waals surface area contributed by atoms with Crippen LogP contribution in [0.25, 0.3) is 0 Å². The molecule has 0 saturated carbocycles. The van der Waals surface area contributed by atoms with E-state index in [4.69, 9.17) is 19.9 Å². The first-order valence-corrected chi connectivity index (χ1v) is 9.25. The number of nitrogens with one attached hydrogen (secondary N) is 2. The minimum atomic E-state index is -5.08. The van der Waals surface area contributed by atoms with Gasteiger partial charge in [0.25, 0.3) is 0 Å². The second kappa shape index (κ2) is 11.1. The Bertz CT molecular complexity index is 925. The molecule has 3 N–H and O–H groups in total. The second-order valence-electron chi connectivity index (χ2n) is 6.54. The number of benzene rings is 1. The maximum absolute atomic E-state index is 13.8. The number of carbonyl (C=O) groups is 1. The van der Waals surface area contributed by atoms with Gasteiger partial charge in [-0.25, -0.2) is 9.18 Å². The van der Waals surface area contributed by atoms with Crippen molar-refractivity contribution in [3.8, 4) is 11.9 Å². The van der Waals surface area contributed by atoms with Gasteiger partial charge in [-0.1, -0.05) is 12.1 Å². The van der Waals surface area contributed by atoms with Crippen LogP contribution in [0.1, 0.15) is 24.0 Å². The maximum Gasteiger partial charge on any atom is 0.490 e. The summed E-state index contributed by atoms with van der Waals surface area (Å²) in [6.45, 7) is 1.96. The van der Waals surface area contributed by atoms with Gasteiger partial charge >= 0.3 is 12.1 Å². The van der Waals surface area contributed by atoms with E-state index in [1.54, 1.807) is 18.2 Å². The predicted molar refractivity (Wildman–Crippen MR) is 103 cm³/mol. The number of anilines is 1. The molecule has 1 saturated heterocycles. The Balaban J connectivity index is 0.000000423.